The van der Waals surface area contributed by atoms with Crippen molar-refractivity contribution in [3.63, 3.8) is 0 Å². The summed E-state index contributed by atoms with van der Waals surface area (Å²) in [5.41, 5.74) is 11.2. The van der Waals surface area contributed by atoms with Crippen molar-refractivity contribution in [2.45, 2.75) is 11.8 Å². The largest absolute Gasteiger partial charge is 0.251 e. The van der Waals surface area contributed by atoms with Crippen LogP contribution in [0.3, 0.4) is 0 Å². The van der Waals surface area contributed by atoms with Gasteiger partial charge in [-0.1, -0.05) is 196 Å². The first-order valence-corrected chi connectivity index (χ1v) is 21.0. The van der Waals surface area contributed by atoms with E-state index in [1.807, 2.05) is 0 Å². The maximum absolute atomic E-state index is 5.68. The lowest BCUT2D eigenvalue weighted by atomic mass is 9.84. The van der Waals surface area contributed by atoms with Gasteiger partial charge in [-0.15, -0.1) is 0 Å². The van der Waals surface area contributed by atoms with Gasteiger partial charge in [0.15, 0.2) is 0 Å². The molecule has 270 valence electrons. The number of benzene rings is 8. The molecule has 0 aromatic heterocycles. The fourth-order valence-electron chi connectivity index (χ4n) is 9.66. The zero-order valence-corrected chi connectivity index (χ0v) is 32.6. The Balaban J connectivity index is 0.995. The number of allylic oxidation sites excluding steroid dienone is 4. The number of hydrogen-bond acceptors (Lipinski definition) is 1. The van der Waals surface area contributed by atoms with E-state index in [0.717, 1.165) is 11.0 Å². The molecule has 4 aliphatic rings. The highest BCUT2D eigenvalue weighted by Gasteiger charge is 2.28. The quantitative estimate of drug-likeness (QED) is 0.163. The first-order chi connectivity index (χ1) is 28.8. The molecule has 0 radical (unpaired) electrons. The molecular formula is C56H36NP. The van der Waals surface area contributed by atoms with E-state index < -0.39 is 0 Å². The normalized spacial score (nSPS) is 15.9. The Hall–Kier alpha value is -6.92. The minimum Gasteiger partial charge on any atom is -0.251 e. The third-order valence-corrected chi connectivity index (χ3v) is 13.7. The molecule has 12 rings (SSSR count). The molecule has 0 saturated heterocycles. The zero-order chi connectivity index (χ0) is 38.2. The first kappa shape index (κ1) is 33.2. The van der Waals surface area contributed by atoms with Crippen LogP contribution >= 0.6 is 8.19 Å². The fraction of sp³-hybridized carbons (Fsp3) is 0.0357. The lowest BCUT2D eigenvalue weighted by Gasteiger charge is -2.19. The van der Waals surface area contributed by atoms with Gasteiger partial charge in [0, 0.05) is 33.0 Å². The van der Waals surface area contributed by atoms with E-state index >= 15 is 0 Å². The average molecular weight is 754 g/mol. The molecule has 8 aromatic carbocycles. The third kappa shape index (κ3) is 5.24. The summed E-state index contributed by atoms with van der Waals surface area (Å²) in [5, 5.41) is 14.1. The Labute approximate surface area is 338 Å². The number of aromatic nitrogens is 1. The third-order valence-electron chi connectivity index (χ3n) is 12.4. The van der Waals surface area contributed by atoms with E-state index in [-0.39, 0.29) is 11.8 Å². The van der Waals surface area contributed by atoms with Gasteiger partial charge in [0.05, 0.1) is 11.0 Å². The van der Waals surface area contributed by atoms with Crippen molar-refractivity contribution in [2.75, 3.05) is 0 Å². The van der Waals surface area contributed by atoms with E-state index in [1.165, 1.54) is 106 Å². The van der Waals surface area contributed by atoms with Gasteiger partial charge >= 0.3 is 0 Å². The summed E-state index contributed by atoms with van der Waals surface area (Å²) >= 11 is 0. The second-order valence-corrected chi connectivity index (χ2v) is 16.7. The molecule has 0 bridgehead atoms. The molecule has 0 N–H and O–H groups in total. The molecule has 1 nitrogen and oxygen atoms in total. The van der Waals surface area contributed by atoms with Crippen molar-refractivity contribution < 1.29 is 0 Å². The predicted molar refractivity (Wildman–Crippen MR) is 247 cm³/mol. The van der Waals surface area contributed by atoms with Crippen molar-refractivity contribution in [3.05, 3.63) is 227 Å². The number of hydrogen-bond donors (Lipinski definition) is 0. The molecule has 2 aliphatic carbocycles. The standard InChI is InChI=1S/C56H36NP/c1-2-13-35(14-3-1)38-15-10-16-40(33-38)41-22-12-25-51-53(41)54-48-21-8-9-26-52(48)58-56(54)49-24-11-23-42(55(49)57-51)37-29-27-36(28-30-37)39-31-32-47-45-19-5-4-17-43(45)44-18-6-7-20-46(44)50(47)34-39/h1-34,41-42H. The molecule has 0 amide bonds. The van der Waals surface area contributed by atoms with Crippen LogP contribution in [0.15, 0.2) is 194 Å². The van der Waals surface area contributed by atoms with Crippen LogP contribution in [0.25, 0.3) is 88.1 Å². The van der Waals surface area contributed by atoms with Gasteiger partial charge in [-0.05, 0) is 94.9 Å². The molecule has 2 heterocycles. The summed E-state index contributed by atoms with van der Waals surface area (Å²) in [6.45, 7) is 0. The molecule has 0 fully saturated rings. The van der Waals surface area contributed by atoms with Gasteiger partial charge in [-0.25, -0.2) is 0 Å². The number of rotatable bonds is 4. The van der Waals surface area contributed by atoms with Crippen LogP contribution in [0.5, 0.6) is 0 Å². The van der Waals surface area contributed by atoms with E-state index in [2.05, 4.69) is 206 Å². The van der Waals surface area contributed by atoms with E-state index in [1.54, 1.807) is 0 Å². The van der Waals surface area contributed by atoms with E-state index in [4.69, 9.17) is 4.98 Å². The topological polar surface area (TPSA) is 12.9 Å². The fourth-order valence-corrected chi connectivity index (χ4v) is 11.0. The van der Waals surface area contributed by atoms with Gasteiger partial charge in [0.2, 0.25) is 0 Å². The second-order valence-electron chi connectivity index (χ2n) is 15.6. The average Bonchev–Trinajstić information content (AvgIpc) is 3.61. The Kier molecular flexibility index (Phi) is 7.65. The molecule has 8 aromatic rings. The summed E-state index contributed by atoms with van der Waals surface area (Å²) in [6.07, 6.45) is 13.7. The van der Waals surface area contributed by atoms with Gasteiger partial charge in [0.1, 0.15) is 0 Å². The van der Waals surface area contributed by atoms with Crippen LogP contribution in [0.2, 0.25) is 0 Å². The lowest BCUT2D eigenvalue weighted by Crippen LogP contribution is -2.22. The van der Waals surface area contributed by atoms with Crippen LogP contribution in [0.4, 0.5) is 0 Å². The molecule has 2 atom stereocenters. The Morgan fingerprint density at radius 3 is 1.78 bits per heavy atom. The number of fused-ring (bicyclic) bond motifs is 13. The van der Waals surface area contributed by atoms with Gasteiger partial charge in [0.25, 0.3) is 0 Å². The first-order valence-electron chi connectivity index (χ1n) is 20.1. The highest BCUT2D eigenvalue weighted by molar-refractivity contribution is 7.41. The summed E-state index contributed by atoms with van der Waals surface area (Å²) in [7, 11) is 1.23. The zero-order valence-electron chi connectivity index (χ0n) is 31.7. The van der Waals surface area contributed by atoms with Crippen molar-refractivity contribution in [1.82, 2.24) is 4.98 Å². The Morgan fingerprint density at radius 1 is 0.414 bits per heavy atom. The summed E-state index contributed by atoms with van der Waals surface area (Å²) in [4.78, 5) is 5.68. The highest BCUT2D eigenvalue weighted by atomic mass is 31.0. The predicted octanol–water partition coefficient (Wildman–Crippen LogP) is 13.7. The molecule has 2 unspecified atom stereocenters. The van der Waals surface area contributed by atoms with E-state index in [0.29, 0.717) is 0 Å². The number of nitrogens with zero attached hydrogens (tertiary/aromatic N) is 1. The molecule has 58 heavy (non-hydrogen) atoms. The maximum atomic E-state index is 5.68. The van der Waals surface area contributed by atoms with Crippen molar-refractivity contribution in [1.29, 1.82) is 0 Å². The molecular weight excluding hydrogens is 718 g/mol. The van der Waals surface area contributed by atoms with Crippen LogP contribution in [-0.2, 0) is 0 Å². The SMILES string of the molecule is C1=CC(c2cccc(-c3ccccc3)c2)c2c3c4ccccc4pc-3c3c(nc2=C1)C(c1ccc(-c2ccc4c5ccccc5c5ccccc5c4c2)cc1)C=CC=3. The minimum atomic E-state index is 0.0274. The summed E-state index contributed by atoms with van der Waals surface area (Å²) in [5.74, 6) is 0.0996. The van der Waals surface area contributed by atoms with Crippen molar-refractivity contribution in [3.8, 4) is 33.1 Å². The van der Waals surface area contributed by atoms with Crippen LogP contribution in [-0.4, -0.2) is 4.98 Å². The van der Waals surface area contributed by atoms with Crippen molar-refractivity contribution >= 4 is 63.2 Å². The Bertz CT molecular complexity index is 3410. The van der Waals surface area contributed by atoms with Gasteiger partial charge in [-0.2, -0.15) is 0 Å². The maximum Gasteiger partial charge on any atom is 0.0681 e. The minimum absolute atomic E-state index is 0.0274. The molecule has 2 heteroatoms. The molecule has 0 saturated carbocycles. The van der Waals surface area contributed by atoms with Gasteiger partial charge < -0.3 is 0 Å². The molecule has 0 spiro atoms. The smallest absolute Gasteiger partial charge is 0.0681 e. The highest BCUT2D eigenvalue weighted by Crippen LogP contribution is 2.46. The summed E-state index contributed by atoms with van der Waals surface area (Å²) < 4.78 is 0. The Morgan fingerprint density at radius 2 is 1.00 bits per heavy atom. The monoisotopic (exact) mass is 753 g/mol. The van der Waals surface area contributed by atoms with Crippen LogP contribution in [0.1, 0.15) is 34.2 Å². The van der Waals surface area contributed by atoms with E-state index in [9.17, 15) is 0 Å². The summed E-state index contributed by atoms with van der Waals surface area (Å²) in [6, 6.07) is 62.6. The van der Waals surface area contributed by atoms with Crippen LogP contribution in [0, 0.1) is 0 Å². The lowest BCUT2D eigenvalue weighted by molar-refractivity contribution is 0.918. The van der Waals surface area contributed by atoms with Gasteiger partial charge in [-0.3, -0.25) is 4.98 Å². The van der Waals surface area contributed by atoms with Crippen molar-refractivity contribution in [2.24, 2.45) is 0 Å². The second kappa shape index (κ2) is 13.3. The van der Waals surface area contributed by atoms with Crippen LogP contribution < -0.4 is 10.6 Å². The molecule has 2 aliphatic heterocycles.